The van der Waals surface area contributed by atoms with Crippen molar-refractivity contribution in [1.82, 2.24) is 5.32 Å². The molecule has 0 spiro atoms. The number of hydrogen-bond acceptors (Lipinski definition) is 2. The average Bonchev–Trinajstić information content (AvgIpc) is 2.47. The van der Waals surface area contributed by atoms with E-state index in [0.717, 1.165) is 5.56 Å². The van der Waals surface area contributed by atoms with Gasteiger partial charge in [0, 0.05) is 17.6 Å². The zero-order valence-corrected chi connectivity index (χ0v) is 12.7. The molecule has 0 unspecified atom stereocenters. The lowest BCUT2D eigenvalue weighted by molar-refractivity contribution is -0.120. The van der Waals surface area contributed by atoms with Gasteiger partial charge in [-0.2, -0.15) is 0 Å². The van der Waals surface area contributed by atoms with Crippen molar-refractivity contribution in [3.63, 3.8) is 0 Å². The van der Waals surface area contributed by atoms with Crippen LogP contribution in [0.2, 0.25) is 5.02 Å². The number of benzene rings is 2. The third-order valence-corrected chi connectivity index (χ3v) is 2.98. The van der Waals surface area contributed by atoms with Gasteiger partial charge in [-0.05, 0) is 29.8 Å². The van der Waals surface area contributed by atoms with Crippen molar-refractivity contribution in [3.8, 4) is 0 Å². The van der Waals surface area contributed by atoms with Crippen LogP contribution in [0.3, 0.4) is 0 Å². The molecule has 2 aromatic carbocycles. The standard InChI is InChI=1S/C17H15ClN2O2/c1-12(21)19-16(10-13-6-3-2-4-7-13)17(22)20-15-9-5-8-14(18)11-15/h2-11H,1H3,(H,19,21)(H,20,22)/b16-10+. The molecule has 2 N–H and O–H groups in total. The molecule has 4 nitrogen and oxygen atoms in total. The first-order chi connectivity index (χ1) is 10.5. The molecule has 0 heterocycles. The molecule has 0 aliphatic heterocycles. The van der Waals surface area contributed by atoms with E-state index in [1.54, 1.807) is 30.3 Å². The van der Waals surface area contributed by atoms with Crippen LogP contribution in [0.5, 0.6) is 0 Å². The van der Waals surface area contributed by atoms with Crippen LogP contribution in [0.4, 0.5) is 5.69 Å². The molecule has 2 rings (SSSR count). The highest BCUT2D eigenvalue weighted by Gasteiger charge is 2.11. The monoisotopic (exact) mass is 314 g/mol. The van der Waals surface area contributed by atoms with Crippen molar-refractivity contribution in [1.29, 1.82) is 0 Å². The van der Waals surface area contributed by atoms with E-state index in [9.17, 15) is 9.59 Å². The maximum atomic E-state index is 12.3. The maximum Gasteiger partial charge on any atom is 0.272 e. The predicted octanol–water partition coefficient (Wildman–Crippen LogP) is 3.46. The Morgan fingerprint density at radius 2 is 1.77 bits per heavy atom. The van der Waals surface area contributed by atoms with Gasteiger partial charge < -0.3 is 10.6 Å². The third kappa shape index (κ3) is 4.75. The molecular weight excluding hydrogens is 300 g/mol. The molecule has 22 heavy (non-hydrogen) atoms. The summed E-state index contributed by atoms with van der Waals surface area (Å²) in [7, 11) is 0. The summed E-state index contributed by atoms with van der Waals surface area (Å²) in [5.41, 5.74) is 1.54. The van der Waals surface area contributed by atoms with Crippen LogP contribution >= 0.6 is 11.6 Å². The molecule has 112 valence electrons. The molecule has 0 atom stereocenters. The van der Waals surface area contributed by atoms with Gasteiger partial charge in [0.1, 0.15) is 5.70 Å². The Morgan fingerprint density at radius 1 is 1.05 bits per heavy atom. The Labute approximate surface area is 133 Å². The second-order valence-electron chi connectivity index (χ2n) is 4.61. The van der Waals surface area contributed by atoms with E-state index in [4.69, 9.17) is 11.6 Å². The molecule has 2 aromatic rings. The number of amides is 2. The molecule has 0 saturated heterocycles. The second-order valence-corrected chi connectivity index (χ2v) is 5.05. The van der Waals surface area contributed by atoms with Crippen LogP contribution < -0.4 is 10.6 Å². The highest BCUT2D eigenvalue weighted by Crippen LogP contribution is 2.16. The first-order valence-electron chi connectivity index (χ1n) is 6.66. The van der Waals surface area contributed by atoms with Gasteiger partial charge in [0.2, 0.25) is 5.91 Å². The van der Waals surface area contributed by atoms with Gasteiger partial charge in [-0.1, -0.05) is 48.0 Å². The van der Waals surface area contributed by atoms with Gasteiger partial charge in [0.25, 0.3) is 5.91 Å². The van der Waals surface area contributed by atoms with Gasteiger partial charge in [0.05, 0.1) is 0 Å². The Balaban J connectivity index is 2.23. The summed E-state index contributed by atoms with van der Waals surface area (Å²) in [4.78, 5) is 23.6. The predicted molar refractivity (Wildman–Crippen MR) is 88.3 cm³/mol. The SMILES string of the molecule is CC(=O)N/C(=C/c1ccccc1)C(=O)Nc1cccc(Cl)c1. The number of hydrogen-bond donors (Lipinski definition) is 2. The number of nitrogens with one attached hydrogen (secondary N) is 2. The lowest BCUT2D eigenvalue weighted by Crippen LogP contribution is -2.28. The lowest BCUT2D eigenvalue weighted by atomic mass is 10.2. The van der Waals surface area contributed by atoms with Crippen molar-refractivity contribution < 1.29 is 9.59 Å². The van der Waals surface area contributed by atoms with Crippen molar-refractivity contribution in [2.24, 2.45) is 0 Å². The van der Waals surface area contributed by atoms with E-state index in [1.165, 1.54) is 6.92 Å². The quantitative estimate of drug-likeness (QED) is 0.849. The summed E-state index contributed by atoms with van der Waals surface area (Å²) >= 11 is 5.89. The summed E-state index contributed by atoms with van der Waals surface area (Å²) in [6.07, 6.45) is 1.61. The van der Waals surface area contributed by atoms with Crippen molar-refractivity contribution in [2.45, 2.75) is 6.92 Å². The molecule has 0 saturated carbocycles. The smallest absolute Gasteiger partial charge is 0.272 e. The van der Waals surface area contributed by atoms with Gasteiger partial charge in [0.15, 0.2) is 0 Å². The van der Waals surface area contributed by atoms with E-state index in [2.05, 4.69) is 10.6 Å². The van der Waals surface area contributed by atoms with Crippen LogP contribution in [0.1, 0.15) is 12.5 Å². The minimum Gasteiger partial charge on any atom is -0.322 e. The van der Waals surface area contributed by atoms with Crippen molar-refractivity contribution >= 4 is 35.2 Å². The molecule has 0 aliphatic carbocycles. The molecule has 0 radical (unpaired) electrons. The summed E-state index contributed by atoms with van der Waals surface area (Å²) in [5.74, 6) is -0.732. The molecule has 0 aliphatic rings. The van der Waals surface area contributed by atoms with Gasteiger partial charge in [-0.3, -0.25) is 9.59 Å². The first-order valence-corrected chi connectivity index (χ1v) is 7.03. The largest absolute Gasteiger partial charge is 0.322 e. The number of anilines is 1. The summed E-state index contributed by atoms with van der Waals surface area (Å²) < 4.78 is 0. The second kappa shape index (κ2) is 7.43. The fourth-order valence-electron chi connectivity index (χ4n) is 1.83. The van der Waals surface area contributed by atoms with Crippen molar-refractivity contribution in [2.75, 3.05) is 5.32 Å². The fraction of sp³-hybridized carbons (Fsp3) is 0.0588. The highest BCUT2D eigenvalue weighted by atomic mass is 35.5. The number of rotatable bonds is 4. The Morgan fingerprint density at radius 3 is 2.41 bits per heavy atom. The Bertz CT molecular complexity index is 712. The summed E-state index contributed by atoms with van der Waals surface area (Å²) in [6, 6.07) is 16.1. The van der Waals surface area contributed by atoms with Crippen LogP contribution in [-0.2, 0) is 9.59 Å². The van der Waals surface area contributed by atoms with E-state index >= 15 is 0 Å². The maximum absolute atomic E-state index is 12.3. The first kappa shape index (κ1) is 15.8. The van der Waals surface area contributed by atoms with E-state index < -0.39 is 5.91 Å². The zero-order chi connectivity index (χ0) is 15.9. The van der Waals surface area contributed by atoms with E-state index in [-0.39, 0.29) is 11.6 Å². The van der Waals surface area contributed by atoms with Crippen molar-refractivity contribution in [3.05, 3.63) is 70.9 Å². The highest BCUT2D eigenvalue weighted by molar-refractivity contribution is 6.31. The topological polar surface area (TPSA) is 58.2 Å². The van der Waals surface area contributed by atoms with Gasteiger partial charge >= 0.3 is 0 Å². The van der Waals surface area contributed by atoms with Crippen LogP contribution in [0, 0.1) is 0 Å². The fourth-order valence-corrected chi connectivity index (χ4v) is 2.02. The summed E-state index contributed by atoms with van der Waals surface area (Å²) in [5, 5.41) is 5.76. The Kier molecular flexibility index (Phi) is 5.33. The number of halogens is 1. The lowest BCUT2D eigenvalue weighted by Gasteiger charge is -2.10. The molecule has 0 bridgehead atoms. The number of carbonyl (C=O) groups excluding carboxylic acids is 2. The normalized spacial score (nSPS) is 10.9. The van der Waals surface area contributed by atoms with E-state index in [1.807, 2.05) is 30.3 Å². The van der Waals surface area contributed by atoms with Crippen LogP contribution in [0.25, 0.3) is 6.08 Å². The van der Waals surface area contributed by atoms with Crippen LogP contribution in [0.15, 0.2) is 60.3 Å². The molecule has 0 fully saturated rings. The summed E-state index contributed by atoms with van der Waals surface area (Å²) in [6.45, 7) is 1.35. The minimum atomic E-state index is -0.415. The Hall–Kier alpha value is -2.59. The molecule has 5 heteroatoms. The van der Waals surface area contributed by atoms with E-state index in [0.29, 0.717) is 10.7 Å². The minimum absolute atomic E-state index is 0.165. The molecular formula is C17H15ClN2O2. The number of carbonyl (C=O) groups is 2. The molecule has 0 aromatic heterocycles. The van der Waals surface area contributed by atoms with Crippen LogP contribution in [-0.4, -0.2) is 11.8 Å². The molecule has 2 amide bonds. The third-order valence-electron chi connectivity index (χ3n) is 2.75. The zero-order valence-electron chi connectivity index (χ0n) is 12.0. The van der Waals surface area contributed by atoms with Gasteiger partial charge in [-0.15, -0.1) is 0 Å². The average molecular weight is 315 g/mol. The van der Waals surface area contributed by atoms with Gasteiger partial charge in [-0.25, -0.2) is 0 Å².